The number of urea groups is 1. The monoisotopic (exact) mass is 198 g/mol. The van der Waals surface area contributed by atoms with Gasteiger partial charge in [-0.2, -0.15) is 5.12 Å². The summed E-state index contributed by atoms with van der Waals surface area (Å²) in [6.07, 6.45) is 5.14. The van der Waals surface area contributed by atoms with Crippen molar-refractivity contribution in [3.05, 3.63) is 12.7 Å². The molecule has 1 fully saturated rings. The lowest BCUT2D eigenvalue weighted by Crippen LogP contribution is -2.57. The molecule has 14 heavy (non-hydrogen) atoms. The van der Waals surface area contributed by atoms with E-state index in [2.05, 4.69) is 12.0 Å². The highest BCUT2D eigenvalue weighted by atomic mass is 16.2. The van der Waals surface area contributed by atoms with Gasteiger partial charge in [-0.1, -0.05) is 12.5 Å². The number of amides is 2. The zero-order chi connectivity index (χ0) is 10.4. The van der Waals surface area contributed by atoms with Gasteiger partial charge >= 0.3 is 6.03 Å². The summed E-state index contributed by atoms with van der Waals surface area (Å²) < 4.78 is 0. The van der Waals surface area contributed by atoms with Gasteiger partial charge in [-0.05, 0) is 12.8 Å². The van der Waals surface area contributed by atoms with Crippen LogP contribution in [-0.2, 0) is 0 Å². The van der Waals surface area contributed by atoms with E-state index in [1.807, 2.05) is 5.01 Å². The molecule has 1 aliphatic heterocycles. The maximum absolute atomic E-state index is 11.1. The summed E-state index contributed by atoms with van der Waals surface area (Å²) in [7, 11) is 0. The van der Waals surface area contributed by atoms with Crippen LogP contribution < -0.4 is 11.2 Å². The van der Waals surface area contributed by atoms with Gasteiger partial charge in [0.05, 0.1) is 0 Å². The van der Waals surface area contributed by atoms with Crippen LogP contribution in [0.2, 0.25) is 0 Å². The number of piperidine rings is 1. The van der Waals surface area contributed by atoms with Gasteiger partial charge in [-0.3, -0.25) is 0 Å². The first-order chi connectivity index (χ1) is 6.75. The fourth-order valence-electron chi connectivity index (χ4n) is 1.55. The minimum atomic E-state index is -0.464. The first kappa shape index (κ1) is 11.0. The molecule has 1 aliphatic rings. The van der Waals surface area contributed by atoms with Gasteiger partial charge in [-0.15, -0.1) is 6.58 Å². The van der Waals surface area contributed by atoms with Gasteiger partial charge in [-0.25, -0.2) is 15.2 Å². The Morgan fingerprint density at radius 1 is 1.50 bits per heavy atom. The Balaban J connectivity index is 2.46. The lowest BCUT2D eigenvalue weighted by atomic mass is 10.2. The molecule has 0 bridgehead atoms. The van der Waals surface area contributed by atoms with Crippen LogP contribution in [0.15, 0.2) is 12.7 Å². The number of hydrogen-bond acceptors (Lipinski definition) is 3. The van der Waals surface area contributed by atoms with Gasteiger partial charge < -0.3 is 5.73 Å². The van der Waals surface area contributed by atoms with Gasteiger partial charge in [0.1, 0.15) is 0 Å². The number of hydrazine groups is 2. The number of carbonyl (C=O) groups is 1. The third-order valence-electron chi connectivity index (χ3n) is 2.21. The predicted octanol–water partition coefficient (Wildman–Crippen LogP) is 0.459. The largest absolute Gasteiger partial charge is 0.349 e. The van der Waals surface area contributed by atoms with Crippen molar-refractivity contribution in [1.82, 2.24) is 15.6 Å². The molecule has 2 amide bonds. The molecule has 3 N–H and O–H groups in total. The van der Waals surface area contributed by atoms with Crippen LogP contribution in [-0.4, -0.2) is 35.8 Å². The average molecular weight is 198 g/mol. The number of primary amides is 1. The molecular weight excluding hydrogens is 180 g/mol. The minimum absolute atomic E-state index is 0.464. The van der Waals surface area contributed by atoms with E-state index in [0.717, 1.165) is 25.9 Å². The molecule has 1 saturated heterocycles. The average Bonchev–Trinajstić information content (AvgIpc) is 2.19. The number of nitrogens with zero attached hydrogens (tertiary/aromatic N) is 2. The summed E-state index contributed by atoms with van der Waals surface area (Å²) >= 11 is 0. The smallest absolute Gasteiger partial charge is 0.344 e. The quantitative estimate of drug-likeness (QED) is 0.509. The van der Waals surface area contributed by atoms with Gasteiger partial charge in [0.15, 0.2) is 0 Å². The summed E-state index contributed by atoms with van der Waals surface area (Å²) in [6.45, 7) is 5.88. The van der Waals surface area contributed by atoms with Crippen LogP contribution in [0, 0.1) is 0 Å². The second kappa shape index (κ2) is 5.62. The van der Waals surface area contributed by atoms with Crippen LogP contribution in [0.25, 0.3) is 0 Å². The van der Waals surface area contributed by atoms with Crippen LogP contribution in [0.4, 0.5) is 4.79 Å². The first-order valence-electron chi connectivity index (χ1n) is 4.94. The molecule has 0 spiro atoms. The Morgan fingerprint density at radius 2 is 2.14 bits per heavy atom. The summed E-state index contributed by atoms with van der Waals surface area (Å²) in [6, 6.07) is -0.464. The predicted molar refractivity (Wildman–Crippen MR) is 55.0 cm³/mol. The number of carbonyl (C=O) groups excluding carboxylic acids is 1. The standard InChI is InChI=1S/C9H18N4O/c1-2-6-11-13(9(10)14)12-7-4-3-5-8-12/h2,11H,1,3-8H2,(H2,10,14). The van der Waals surface area contributed by atoms with Crippen LogP contribution in [0.5, 0.6) is 0 Å². The van der Waals surface area contributed by atoms with Gasteiger partial charge in [0.25, 0.3) is 0 Å². The molecule has 0 aromatic carbocycles. The van der Waals surface area contributed by atoms with Gasteiger partial charge in [0, 0.05) is 19.6 Å². The summed E-state index contributed by atoms with van der Waals surface area (Å²) in [5.74, 6) is 0. The maximum atomic E-state index is 11.1. The second-order valence-corrected chi connectivity index (χ2v) is 3.32. The first-order valence-corrected chi connectivity index (χ1v) is 4.94. The molecule has 0 aromatic heterocycles. The van der Waals surface area contributed by atoms with E-state index in [1.54, 1.807) is 6.08 Å². The highest BCUT2D eigenvalue weighted by molar-refractivity contribution is 5.70. The molecule has 0 saturated carbocycles. The molecule has 1 rings (SSSR count). The molecule has 1 heterocycles. The van der Waals surface area contributed by atoms with Crippen molar-refractivity contribution in [3.8, 4) is 0 Å². The van der Waals surface area contributed by atoms with Crippen molar-refractivity contribution in [2.75, 3.05) is 19.6 Å². The van der Waals surface area contributed by atoms with Crippen molar-refractivity contribution in [1.29, 1.82) is 0 Å². The van der Waals surface area contributed by atoms with E-state index >= 15 is 0 Å². The number of hydrogen-bond donors (Lipinski definition) is 2. The molecule has 0 atom stereocenters. The van der Waals surface area contributed by atoms with E-state index in [9.17, 15) is 4.79 Å². The fraction of sp³-hybridized carbons (Fsp3) is 0.667. The van der Waals surface area contributed by atoms with Crippen molar-refractivity contribution in [3.63, 3.8) is 0 Å². The van der Waals surface area contributed by atoms with Crippen molar-refractivity contribution in [2.24, 2.45) is 5.73 Å². The van der Waals surface area contributed by atoms with E-state index in [4.69, 9.17) is 5.73 Å². The van der Waals surface area contributed by atoms with E-state index in [-0.39, 0.29) is 0 Å². The highest BCUT2D eigenvalue weighted by Gasteiger charge is 2.20. The molecule has 0 unspecified atom stereocenters. The Hall–Kier alpha value is -1.07. The molecular formula is C9H18N4O. The number of rotatable bonds is 4. The maximum Gasteiger partial charge on any atom is 0.344 e. The van der Waals surface area contributed by atoms with Crippen molar-refractivity contribution in [2.45, 2.75) is 19.3 Å². The van der Waals surface area contributed by atoms with E-state index in [0.29, 0.717) is 6.54 Å². The SMILES string of the molecule is C=CCNN(C(N)=O)N1CCCCC1. The Labute approximate surface area is 84.5 Å². The number of nitrogens with two attached hydrogens (primary N) is 1. The van der Waals surface area contributed by atoms with E-state index < -0.39 is 6.03 Å². The third kappa shape index (κ3) is 3.01. The number of nitrogens with one attached hydrogen (secondary N) is 1. The second-order valence-electron chi connectivity index (χ2n) is 3.32. The van der Waals surface area contributed by atoms with Gasteiger partial charge in [0.2, 0.25) is 0 Å². The topological polar surface area (TPSA) is 61.6 Å². The third-order valence-corrected chi connectivity index (χ3v) is 2.21. The van der Waals surface area contributed by atoms with Crippen LogP contribution in [0.3, 0.4) is 0 Å². The van der Waals surface area contributed by atoms with Crippen LogP contribution >= 0.6 is 0 Å². The molecule has 0 radical (unpaired) electrons. The molecule has 5 nitrogen and oxygen atoms in total. The minimum Gasteiger partial charge on any atom is -0.349 e. The molecule has 0 aliphatic carbocycles. The van der Waals surface area contributed by atoms with E-state index in [1.165, 1.54) is 11.5 Å². The lowest BCUT2D eigenvalue weighted by Gasteiger charge is -2.35. The Morgan fingerprint density at radius 3 is 2.64 bits per heavy atom. The zero-order valence-electron chi connectivity index (χ0n) is 8.41. The summed E-state index contributed by atoms with van der Waals surface area (Å²) in [4.78, 5) is 11.1. The normalized spacial score (nSPS) is 17.7. The highest BCUT2D eigenvalue weighted by Crippen LogP contribution is 2.09. The Bertz CT molecular complexity index is 201. The van der Waals surface area contributed by atoms with Crippen molar-refractivity contribution < 1.29 is 4.79 Å². The fourth-order valence-corrected chi connectivity index (χ4v) is 1.55. The Kier molecular flexibility index (Phi) is 4.42. The molecule has 80 valence electrons. The summed E-state index contributed by atoms with van der Waals surface area (Å²) in [5, 5.41) is 3.33. The van der Waals surface area contributed by atoms with Crippen LogP contribution in [0.1, 0.15) is 19.3 Å². The summed E-state index contributed by atoms with van der Waals surface area (Å²) in [5.41, 5.74) is 8.16. The molecule has 0 aromatic rings. The zero-order valence-corrected chi connectivity index (χ0v) is 8.41. The van der Waals surface area contributed by atoms with Crippen molar-refractivity contribution >= 4 is 6.03 Å². The molecule has 5 heteroatoms. The lowest BCUT2D eigenvalue weighted by molar-refractivity contribution is -0.0339.